The molecule has 2 unspecified atom stereocenters. The van der Waals surface area contributed by atoms with Crippen molar-refractivity contribution in [3.63, 3.8) is 0 Å². The predicted molar refractivity (Wildman–Crippen MR) is 63.7 cm³/mol. The first-order valence-electron chi connectivity index (χ1n) is 5.85. The van der Waals surface area contributed by atoms with Crippen molar-refractivity contribution in [3.05, 3.63) is 24.5 Å². The second kappa shape index (κ2) is 5.27. The zero-order valence-corrected chi connectivity index (χ0v) is 9.47. The number of aliphatic hydroxyl groups excluding tert-OH is 1. The Morgan fingerprint density at radius 1 is 1.62 bits per heavy atom. The number of aliphatic hydroxyl groups is 1. The molecule has 0 bridgehead atoms. The molecule has 1 aliphatic rings. The fourth-order valence-corrected chi connectivity index (χ4v) is 2.18. The third-order valence-corrected chi connectivity index (χ3v) is 3.08. The van der Waals surface area contributed by atoms with Crippen LogP contribution in [0.1, 0.15) is 31.2 Å². The molecule has 2 N–H and O–H groups in total. The maximum atomic E-state index is 9.55. The largest absolute Gasteiger partial charge is 0.393 e. The Labute approximate surface area is 96.0 Å². The van der Waals surface area contributed by atoms with Crippen molar-refractivity contribution < 1.29 is 5.11 Å². The topological polar surface area (TPSA) is 50.1 Å². The Hall–Kier alpha value is -1.13. The van der Waals surface area contributed by atoms with Gasteiger partial charge in [0.1, 0.15) is 0 Å². The molecule has 2 atom stereocenters. The average molecular weight is 221 g/mol. The number of hydrogen-bond acceptors (Lipinski definition) is 3. The van der Waals surface area contributed by atoms with E-state index in [1.807, 2.05) is 12.4 Å². The van der Waals surface area contributed by atoms with Crippen molar-refractivity contribution in [1.82, 2.24) is 15.1 Å². The van der Waals surface area contributed by atoms with Gasteiger partial charge in [-0.2, -0.15) is 5.10 Å². The lowest BCUT2D eigenvalue weighted by Gasteiger charge is -2.26. The second-order valence-corrected chi connectivity index (χ2v) is 4.41. The van der Waals surface area contributed by atoms with Gasteiger partial charge in [-0.15, -0.1) is 0 Å². The van der Waals surface area contributed by atoms with E-state index < -0.39 is 0 Å². The molecule has 16 heavy (non-hydrogen) atoms. The van der Waals surface area contributed by atoms with E-state index >= 15 is 0 Å². The van der Waals surface area contributed by atoms with E-state index in [9.17, 15) is 5.11 Å². The molecule has 0 aromatic carbocycles. The minimum Gasteiger partial charge on any atom is -0.393 e. The third-order valence-electron chi connectivity index (χ3n) is 3.08. The lowest BCUT2D eigenvalue weighted by molar-refractivity contribution is 0.111. The molecule has 0 radical (unpaired) electrons. The van der Waals surface area contributed by atoms with E-state index in [0.717, 1.165) is 37.8 Å². The molecule has 0 aliphatic heterocycles. The van der Waals surface area contributed by atoms with E-state index in [1.54, 1.807) is 10.9 Å². The highest BCUT2D eigenvalue weighted by molar-refractivity contribution is 5.17. The van der Waals surface area contributed by atoms with Gasteiger partial charge in [-0.3, -0.25) is 0 Å². The van der Waals surface area contributed by atoms with Crippen molar-refractivity contribution >= 4 is 6.20 Å². The third kappa shape index (κ3) is 2.93. The summed E-state index contributed by atoms with van der Waals surface area (Å²) in [6, 6.07) is 0.441. The van der Waals surface area contributed by atoms with Gasteiger partial charge in [0, 0.05) is 30.5 Å². The maximum absolute atomic E-state index is 9.55. The average Bonchev–Trinajstić information content (AvgIpc) is 2.74. The minimum atomic E-state index is -0.123. The first kappa shape index (κ1) is 11.4. The van der Waals surface area contributed by atoms with Gasteiger partial charge in [0.05, 0.1) is 12.3 Å². The number of nitrogens with one attached hydrogen (secondary N) is 1. The summed E-state index contributed by atoms with van der Waals surface area (Å²) in [6.07, 6.45) is 9.45. The summed E-state index contributed by atoms with van der Waals surface area (Å²) >= 11 is 0. The van der Waals surface area contributed by atoms with Crippen LogP contribution in [-0.2, 0) is 6.54 Å². The van der Waals surface area contributed by atoms with Crippen LogP contribution in [0, 0.1) is 0 Å². The van der Waals surface area contributed by atoms with Crippen LogP contribution < -0.4 is 5.32 Å². The Kier molecular flexibility index (Phi) is 3.74. The van der Waals surface area contributed by atoms with Crippen molar-refractivity contribution in [2.45, 2.75) is 44.4 Å². The highest BCUT2D eigenvalue weighted by Gasteiger charge is 2.19. The van der Waals surface area contributed by atoms with Crippen LogP contribution in [0.4, 0.5) is 0 Å². The second-order valence-electron chi connectivity index (χ2n) is 4.41. The highest BCUT2D eigenvalue weighted by Crippen LogP contribution is 2.18. The zero-order chi connectivity index (χ0) is 11.4. The van der Waals surface area contributed by atoms with Gasteiger partial charge in [-0.25, -0.2) is 4.68 Å². The molecule has 1 heterocycles. The Bertz CT molecular complexity index is 348. The van der Waals surface area contributed by atoms with Crippen LogP contribution >= 0.6 is 0 Å². The van der Waals surface area contributed by atoms with Crippen LogP contribution in [0.3, 0.4) is 0 Å². The van der Waals surface area contributed by atoms with E-state index in [4.69, 9.17) is 0 Å². The molecule has 4 heteroatoms. The Morgan fingerprint density at radius 2 is 2.50 bits per heavy atom. The van der Waals surface area contributed by atoms with Gasteiger partial charge < -0.3 is 10.4 Å². The van der Waals surface area contributed by atoms with E-state index in [2.05, 4.69) is 17.0 Å². The normalized spacial score (nSPS) is 25.6. The monoisotopic (exact) mass is 221 g/mol. The maximum Gasteiger partial charge on any atom is 0.0555 e. The first-order valence-corrected chi connectivity index (χ1v) is 5.85. The summed E-state index contributed by atoms with van der Waals surface area (Å²) in [6.45, 7) is 4.46. The molecule has 1 saturated carbocycles. The van der Waals surface area contributed by atoms with Crippen LogP contribution in [0.15, 0.2) is 19.0 Å². The molecular formula is C12H19N3O. The van der Waals surface area contributed by atoms with Gasteiger partial charge in [0.25, 0.3) is 0 Å². The summed E-state index contributed by atoms with van der Waals surface area (Å²) in [5.74, 6) is 0. The van der Waals surface area contributed by atoms with Crippen molar-refractivity contribution in [3.8, 4) is 0 Å². The summed E-state index contributed by atoms with van der Waals surface area (Å²) in [7, 11) is 0. The van der Waals surface area contributed by atoms with Gasteiger partial charge in [0.15, 0.2) is 0 Å². The summed E-state index contributed by atoms with van der Waals surface area (Å²) < 4.78 is 1.70. The van der Waals surface area contributed by atoms with Crippen LogP contribution in [0.25, 0.3) is 6.20 Å². The zero-order valence-electron chi connectivity index (χ0n) is 9.47. The van der Waals surface area contributed by atoms with Gasteiger partial charge in [0.2, 0.25) is 0 Å². The summed E-state index contributed by atoms with van der Waals surface area (Å²) in [4.78, 5) is 0. The Balaban J connectivity index is 1.80. The van der Waals surface area contributed by atoms with Gasteiger partial charge >= 0.3 is 0 Å². The summed E-state index contributed by atoms with van der Waals surface area (Å²) in [5, 5.41) is 17.1. The van der Waals surface area contributed by atoms with E-state index in [1.165, 1.54) is 0 Å². The molecular weight excluding hydrogens is 202 g/mol. The fraction of sp³-hybridized carbons (Fsp3) is 0.583. The number of rotatable bonds is 4. The molecule has 4 nitrogen and oxygen atoms in total. The Morgan fingerprint density at radius 3 is 3.19 bits per heavy atom. The molecule has 1 aromatic rings. The number of aromatic nitrogens is 2. The van der Waals surface area contributed by atoms with Crippen LogP contribution in [0.5, 0.6) is 0 Å². The quantitative estimate of drug-likeness (QED) is 0.807. The number of nitrogens with zero attached hydrogens (tertiary/aromatic N) is 2. The van der Waals surface area contributed by atoms with Gasteiger partial charge in [-0.1, -0.05) is 6.58 Å². The molecule has 0 amide bonds. The lowest BCUT2D eigenvalue weighted by atomic mass is 9.93. The molecule has 1 fully saturated rings. The van der Waals surface area contributed by atoms with Crippen molar-refractivity contribution in [2.75, 3.05) is 0 Å². The smallest absolute Gasteiger partial charge is 0.0555 e. The standard InChI is InChI=1S/C12H19N3O/c1-2-15-9-10(8-14-15)7-13-11-4-3-5-12(16)6-11/h2,8-9,11-13,16H,1,3-7H2. The van der Waals surface area contributed by atoms with Crippen LogP contribution in [-0.4, -0.2) is 27.0 Å². The predicted octanol–water partition coefficient (Wildman–Crippen LogP) is 1.38. The van der Waals surface area contributed by atoms with Gasteiger partial charge in [-0.05, 0) is 25.7 Å². The molecule has 1 aliphatic carbocycles. The molecule has 2 rings (SSSR count). The first-order chi connectivity index (χ1) is 7.78. The van der Waals surface area contributed by atoms with Crippen molar-refractivity contribution in [2.24, 2.45) is 0 Å². The van der Waals surface area contributed by atoms with E-state index in [0.29, 0.717) is 6.04 Å². The SMILES string of the molecule is C=Cn1cc(CNC2CCCC(O)C2)cn1. The van der Waals surface area contributed by atoms with E-state index in [-0.39, 0.29) is 6.10 Å². The molecule has 0 spiro atoms. The molecule has 1 aromatic heterocycles. The number of hydrogen-bond donors (Lipinski definition) is 2. The molecule has 0 saturated heterocycles. The summed E-state index contributed by atoms with van der Waals surface area (Å²) in [5.41, 5.74) is 1.15. The lowest BCUT2D eigenvalue weighted by Crippen LogP contribution is -2.35. The van der Waals surface area contributed by atoms with Crippen LogP contribution in [0.2, 0.25) is 0 Å². The highest BCUT2D eigenvalue weighted by atomic mass is 16.3. The van der Waals surface area contributed by atoms with Crippen molar-refractivity contribution in [1.29, 1.82) is 0 Å². The molecule has 88 valence electrons. The minimum absolute atomic E-state index is 0.123. The fourth-order valence-electron chi connectivity index (χ4n) is 2.18.